The first kappa shape index (κ1) is 85.9. The van der Waals surface area contributed by atoms with Gasteiger partial charge in [-0.25, -0.2) is 0 Å². The van der Waals surface area contributed by atoms with Gasteiger partial charge in [-0.2, -0.15) is 5.26 Å². The lowest BCUT2D eigenvalue weighted by atomic mass is 9.80. The van der Waals surface area contributed by atoms with E-state index in [0.717, 1.165) is 110 Å². The van der Waals surface area contributed by atoms with Crippen molar-refractivity contribution >= 4 is 8.96 Å². The monoisotopic (exact) mass is 1500 g/mol. The molecule has 18 heteroatoms. The molecule has 0 spiro atoms. The fourth-order valence-corrected chi connectivity index (χ4v) is 14.1. The summed E-state index contributed by atoms with van der Waals surface area (Å²) in [5.41, 5.74) is 4.41. The van der Waals surface area contributed by atoms with Crippen molar-refractivity contribution in [2.24, 2.45) is 0 Å². The van der Waals surface area contributed by atoms with Gasteiger partial charge in [-0.15, -0.1) is 0 Å². The van der Waals surface area contributed by atoms with Crippen LogP contribution in [0.2, 0.25) is 0 Å². The molecule has 0 amide bonds. The molecule has 9 aromatic carbocycles. The Hall–Kier alpha value is -8.70. The van der Waals surface area contributed by atoms with E-state index >= 15 is 0 Å². The van der Waals surface area contributed by atoms with Crippen molar-refractivity contribution < 1.29 is 71.2 Å². The van der Waals surface area contributed by atoms with Crippen LogP contribution in [0, 0.1) is 11.3 Å². The highest BCUT2D eigenvalue weighted by atomic mass is 31.1. The molecule has 0 aromatic heterocycles. The number of nitriles is 1. The van der Waals surface area contributed by atoms with Crippen LogP contribution in [0.3, 0.4) is 0 Å². The van der Waals surface area contributed by atoms with Crippen molar-refractivity contribution in [3.63, 3.8) is 0 Å². The van der Waals surface area contributed by atoms with Crippen LogP contribution in [0.25, 0.3) is 0 Å². The van der Waals surface area contributed by atoms with E-state index in [1.807, 2.05) is 127 Å². The van der Waals surface area contributed by atoms with E-state index in [1.54, 1.807) is 42.7 Å². The van der Waals surface area contributed by atoms with Crippen LogP contribution in [0.4, 0.5) is 0 Å². The minimum absolute atomic E-state index is 0.146. The third kappa shape index (κ3) is 24.2. The number of benzene rings is 9. The molecule has 0 saturated heterocycles. The van der Waals surface area contributed by atoms with Gasteiger partial charge in [-0.3, -0.25) is 4.67 Å². The van der Waals surface area contributed by atoms with E-state index in [4.69, 9.17) is 71.4 Å². The van der Waals surface area contributed by atoms with E-state index in [-0.39, 0.29) is 33.0 Å². The molecule has 582 valence electrons. The molecule has 9 aromatic rings. The molecule has 9 rings (SSSR count). The number of rotatable bonds is 49. The second kappa shape index (κ2) is 46.1. The van der Waals surface area contributed by atoms with Crippen LogP contribution in [-0.2, 0) is 54.5 Å². The standard InChI is InChI=1S/C82H94O14.C9H19N2OP/c1-84-73-41-29-67(30-42-73)80(64-23-12-9-13-24-64,68-31-43-74(85-2)44-32-68)94-58-20-55-91-62-79(61-90-54-19-8-7-18-53-83,93-57-22-60-96-82(66-27-16-11-17-28-66,71-37-49-77(88-5)50-38-71)72-39-51-78(89-6)52-40-72)63-92-56-21-59-95-81(65-25-14-10-15-26-65,69-33-45-75(86-3)46-34-69)70-35-47-76(87-4)48-36-70;1-8(2)11(9(3)4)13-12-7-5-6-10/h9-17,23-52,83H,7-8,18-22,53-63H2,1-6H3;8-9,13H,5,7H2,1-4H3. The fourth-order valence-electron chi connectivity index (χ4n) is 13.3. The molecule has 109 heavy (non-hydrogen) atoms. The lowest BCUT2D eigenvalue weighted by Gasteiger charge is -2.37. The summed E-state index contributed by atoms with van der Waals surface area (Å²) < 4.78 is 90.6. The van der Waals surface area contributed by atoms with Gasteiger partial charge in [0.1, 0.15) is 56.9 Å². The summed E-state index contributed by atoms with van der Waals surface area (Å²) in [5, 5.41) is 17.9. The lowest BCUT2D eigenvalue weighted by Crippen LogP contribution is -2.48. The number of aliphatic hydroxyl groups is 1. The topological polar surface area (TPSA) is 176 Å². The Kier molecular flexibility index (Phi) is 36.3. The first-order valence-electron chi connectivity index (χ1n) is 37.8. The summed E-state index contributed by atoms with van der Waals surface area (Å²) in [6.07, 6.45) is 5.44. The van der Waals surface area contributed by atoms with Crippen LogP contribution in [0.1, 0.15) is 129 Å². The molecule has 0 aliphatic carbocycles. The largest absolute Gasteiger partial charge is 0.497 e. The summed E-state index contributed by atoms with van der Waals surface area (Å²) in [4.78, 5) is 0. The highest BCUT2D eigenvalue weighted by Crippen LogP contribution is 2.45. The maximum absolute atomic E-state index is 9.56. The summed E-state index contributed by atoms with van der Waals surface area (Å²) in [6, 6.07) is 82.2. The van der Waals surface area contributed by atoms with Gasteiger partial charge < -0.3 is 71.2 Å². The van der Waals surface area contributed by atoms with Crippen LogP contribution in [-0.4, -0.2) is 149 Å². The van der Waals surface area contributed by atoms with Crippen molar-refractivity contribution in [1.29, 1.82) is 5.26 Å². The molecule has 0 aliphatic rings. The highest BCUT2D eigenvalue weighted by molar-refractivity contribution is 7.29. The summed E-state index contributed by atoms with van der Waals surface area (Å²) in [6.45, 7) is 12.2. The van der Waals surface area contributed by atoms with Crippen LogP contribution < -0.4 is 28.4 Å². The number of ether oxygens (including phenoxy) is 13. The first-order chi connectivity index (χ1) is 53.3. The number of methoxy groups -OCH3 is 6. The Morgan fingerprint density at radius 1 is 0.321 bits per heavy atom. The van der Waals surface area contributed by atoms with Crippen molar-refractivity contribution in [3.05, 3.63) is 287 Å². The van der Waals surface area contributed by atoms with E-state index in [2.05, 4.69) is 148 Å². The molecular formula is C91H113N2O15P. The summed E-state index contributed by atoms with van der Waals surface area (Å²) in [5.74, 6) is 4.45. The molecule has 0 heterocycles. The molecule has 0 aliphatic heterocycles. The Balaban J connectivity index is 0.00000105. The first-order valence-corrected chi connectivity index (χ1v) is 38.6. The van der Waals surface area contributed by atoms with Crippen molar-refractivity contribution in [3.8, 4) is 40.6 Å². The van der Waals surface area contributed by atoms with Gasteiger partial charge in [0, 0.05) is 45.1 Å². The van der Waals surface area contributed by atoms with Gasteiger partial charge in [-0.05, 0) is 183 Å². The average Bonchev–Trinajstić information content (AvgIpc) is 0.768. The smallest absolute Gasteiger partial charge is 0.143 e. The zero-order chi connectivity index (χ0) is 77.4. The van der Waals surface area contributed by atoms with E-state index in [0.29, 0.717) is 93.0 Å². The van der Waals surface area contributed by atoms with Crippen molar-refractivity contribution in [2.45, 2.75) is 114 Å². The molecular weight excluding hydrogens is 1390 g/mol. The average molecular weight is 1510 g/mol. The number of aliphatic hydroxyl groups excluding tert-OH is 1. The lowest BCUT2D eigenvalue weighted by molar-refractivity contribution is -0.171. The normalized spacial score (nSPS) is 11.9. The number of nitrogens with zero attached hydrogens (tertiary/aromatic N) is 2. The predicted octanol–water partition coefficient (Wildman–Crippen LogP) is 18.1. The maximum Gasteiger partial charge on any atom is 0.143 e. The third-order valence-electron chi connectivity index (χ3n) is 18.9. The van der Waals surface area contributed by atoms with Gasteiger partial charge in [0.05, 0.1) is 110 Å². The summed E-state index contributed by atoms with van der Waals surface area (Å²) >= 11 is 0. The SMILES string of the molecule is CC(C)N(POCCC#N)C(C)C.COc1ccc(C(OCCCOCC(COCCCCCCO)(COCCCOC(c2ccccc2)(c2ccc(OC)cc2)c2ccc(OC)cc2)OCCCOC(c2ccccc2)(c2ccc(OC)cc2)c2ccc(OC)cc2)(c2ccccc2)c2ccc(OC)cc2)cc1. The molecule has 1 N–H and O–H groups in total. The maximum atomic E-state index is 9.56. The fraction of sp³-hybridized carbons (Fsp3) is 0.396. The van der Waals surface area contributed by atoms with Gasteiger partial charge in [0.15, 0.2) is 0 Å². The van der Waals surface area contributed by atoms with Crippen LogP contribution >= 0.6 is 8.96 Å². The summed E-state index contributed by atoms with van der Waals surface area (Å²) in [7, 11) is 10.4. The second-order valence-electron chi connectivity index (χ2n) is 26.9. The minimum Gasteiger partial charge on any atom is -0.497 e. The molecule has 0 bridgehead atoms. The molecule has 0 fully saturated rings. The highest BCUT2D eigenvalue weighted by Gasteiger charge is 2.42. The van der Waals surface area contributed by atoms with Gasteiger partial charge in [-0.1, -0.05) is 177 Å². The molecule has 1 atom stereocenters. The quantitative estimate of drug-likeness (QED) is 0.0216. The van der Waals surface area contributed by atoms with E-state index in [9.17, 15) is 5.11 Å². The van der Waals surface area contributed by atoms with Gasteiger partial charge in [0.25, 0.3) is 0 Å². The zero-order valence-corrected chi connectivity index (χ0v) is 66.4. The minimum atomic E-state index is -1.07. The Morgan fingerprint density at radius 2 is 0.578 bits per heavy atom. The Bertz CT molecular complexity index is 3660. The van der Waals surface area contributed by atoms with Crippen molar-refractivity contribution in [2.75, 3.05) is 122 Å². The second-order valence-corrected chi connectivity index (χ2v) is 27.9. The van der Waals surface area contributed by atoms with Crippen molar-refractivity contribution in [1.82, 2.24) is 4.67 Å². The number of unbranched alkanes of at least 4 members (excludes halogenated alkanes) is 3. The van der Waals surface area contributed by atoms with Crippen LogP contribution in [0.15, 0.2) is 237 Å². The van der Waals surface area contributed by atoms with E-state index < -0.39 is 22.4 Å². The zero-order valence-electron chi connectivity index (χ0n) is 65.4. The number of hydrogen-bond acceptors (Lipinski definition) is 17. The molecule has 0 saturated carbocycles. The molecule has 0 radical (unpaired) electrons. The third-order valence-corrected chi connectivity index (χ3v) is 20.5. The van der Waals surface area contributed by atoms with Gasteiger partial charge in [0.2, 0.25) is 0 Å². The molecule has 1 unspecified atom stereocenters. The van der Waals surface area contributed by atoms with Gasteiger partial charge >= 0.3 is 0 Å². The molecule has 17 nitrogen and oxygen atoms in total. The Labute approximate surface area is 649 Å². The predicted molar refractivity (Wildman–Crippen MR) is 432 cm³/mol. The Morgan fingerprint density at radius 3 is 0.844 bits per heavy atom. The number of hydrogen-bond donors (Lipinski definition) is 1. The van der Waals surface area contributed by atoms with Crippen LogP contribution in [0.5, 0.6) is 34.5 Å². The van der Waals surface area contributed by atoms with E-state index in [1.165, 1.54) is 0 Å².